The van der Waals surface area contributed by atoms with Crippen LogP contribution in [0.5, 0.6) is 11.5 Å². The number of aromatic hydroxyl groups is 1. The molecule has 0 radical (unpaired) electrons. The van der Waals surface area contributed by atoms with Gasteiger partial charge < -0.3 is 20.7 Å². The summed E-state index contributed by atoms with van der Waals surface area (Å²) in [4.78, 5) is 0. The van der Waals surface area contributed by atoms with Crippen molar-refractivity contribution in [2.24, 2.45) is 11.7 Å². The third-order valence-electron chi connectivity index (χ3n) is 3.59. The van der Waals surface area contributed by atoms with Crippen molar-refractivity contribution in [2.75, 3.05) is 0 Å². The maximum atomic E-state index is 12.2. The van der Waals surface area contributed by atoms with Gasteiger partial charge >= 0.3 is 6.36 Å². The predicted molar refractivity (Wildman–Crippen MR) is 65.1 cm³/mol. The standard InChI is InChI=1S/C13H16F3NO3/c14-13(15,16)20-8-4-5-10(18)9(6-8)11(17)12(19)7-2-1-3-7/h4-7,11-12,18-19H,1-3,17H2/t11-,12+/m1/s1. The highest BCUT2D eigenvalue weighted by Crippen LogP contribution is 2.38. The first-order valence-electron chi connectivity index (χ1n) is 6.30. The SMILES string of the molecule is N[C@H](c1cc(OC(F)(F)F)ccc1O)[C@@H](O)C1CCC1. The number of halogens is 3. The average molecular weight is 291 g/mol. The summed E-state index contributed by atoms with van der Waals surface area (Å²) >= 11 is 0. The lowest BCUT2D eigenvalue weighted by Crippen LogP contribution is -2.36. The minimum atomic E-state index is -4.81. The van der Waals surface area contributed by atoms with Crippen LogP contribution in [-0.2, 0) is 0 Å². The summed E-state index contributed by atoms with van der Waals surface area (Å²) in [5, 5.41) is 19.7. The fourth-order valence-corrected chi connectivity index (χ4v) is 2.26. The highest BCUT2D eigenvalue weighted by atomic mass is 19.4. The number of ether oxygens (including phenoxy) is 1. The molecule has 0 amide bonds. The van der Waals surface area contributed by atoms with Gasteiger partial charge in [-0.3, -0.25) is 0 Å². The monoisotopic (exact) mass is 291 g/mol. The minimum Gasteiger partial charge on any atom is -0.508 e. The molecule has 1 saturated carbocycles. The molecular formula is C13H16F3NO3. The smallest absolute Gasteiger partial charge is 0.508 e. The number of phenolic OH excluding ortho intramolecular Hbond substituents is 1. The molecule has 0 spiro atoms. The predicted octanol–water partition coefficient (Wildman–Crippen LogP) is 2.45. The maximum absolute atomic E-state index is 12.2. The van der Waals surface area contributed by atoms with Crippen LogP contribution in [0, 0.1) is 5.92 Å². The number of nitrogens with two attached hydrogens (primary N) is 1. The van der Waals surface area contributed by atoms with Crippen molar-refractivity contribution < 1.29 is 28.1 Å². The molecule has 1 aliphatic carbocycles. The first kappa shape index (κ1) is 14.9. The van der Waals surface area contributed by atoms with E-state index in [1.54, 1.807) is 0 Å². The zero-order valence-corrected chi connectivity index (χ0v) is 10.6. The van der Waals surface area contributed by atoms with Gasteiger partial charge in [0.2, 0.25) is 0 Å². The summed E-state index contributed by atoms with van der Waals surface area (Å²) in [7, 11) is 0. The molecule has 4 N–H and O–H groups in total. The molecule has 1 fully saturated rings. The molecule has 112 valence electrons. The lowest BCUT2D eigenvalue weighted by atomic mass is 9.77. The van der Waals surface area contributed by atoms with Gasteiger partial charge in [0.1, 0.15) is 11.5 Å². The summed E-state index contributed by atoms with van der Waals surface area (Å²) in [6.45, 7) is 0. The van der Waals surface area contributed by atoms with E-state index in [-0.39, 0.29) is 17.2 Å². The molecule has 2 rings (SSSR count). The molecule has 0 aromatic heterocycles. The van der Waals surface area contributed by atoms with E-state index < -0.39 is 24.3 Å². The van der Waals surface area contributed by atoms with Gasteiger partial charge in [-0.25, -0.2) is 0 Å². The molecule has 0 heterocycles. The number of phenols is 1. The van der Waals surface area contributed by atoms with Gasteiger partial charge in [-0.15, -0.1) is 13.2 Å². The van der Waals surface area contributed by atoms with E-state index in [0.29, 0.717) is 0 Å². The van der Waals surface area contributed by atoms with Crippen molar-refractivity contribution in [3.8, 4) is 11.5 Å². The number of benzene rings is 1. The summed E-state index contributed by atoms with van der Waals surface area (Å²) in [5.74, 6) is -0.705. The Morgan fingerprint density at radius 2 is 1.95 bits per heavy atom. The molecule has 0 bridgehead atoms. The molecule has 7 heteroatoms. The molecule has 1 aromatic rings. The Hall–Kier alpha value is -1.47. The Morgan fingerprint density at radius 1 is 1.30 bits per heavy atom. The first-order chi connectivity index (χ1) is 9.28. The van der Waals surface area contributed by atoms with Crippen molar-refractivity contribution in [3.05, 3.63) is 23.8 Å². The highest BCUT2D eigenvalue weighted by molar-refractivity contribution is 5.41. The van der Waals surface area contributed by atoms with Gasteiger partial charge in [-0.1, -0.05) is 6.42 Å². The molecule has 1 aromatic carbocycles. The van der Waals surface area contributed by atoms with E-state index in [4.69, 9.17) is 5.73 Å². The Bertz CT molecular complexity index is 474. The number of hydrogen-bond donors (Lipinski definition) is 3. The van der Waals surface area contributed by atoms with Crippen molar-refractivity contribution in [2.45, 2.75) is 37.8 Å². The second-order valence-corrected chi connectivity index (χ2v) is 4.98. The minimum absolute atomic E-state index is 0.0246. The van der Waals surface area contributed by atoms with Crippen LogP contribution in [0.25, 0.3) is 0 Å². The molecular weight excluding hydrogens is 275 g/mol. The normalized spacial score (nSPS) is 19.2. The van der Waals surface area contributed by atoms with Crippen LogP contribution < -0.4 is 10.5 Å². The molecule has 2 atom stereocenters. The van der Waals surface area contributed by atoms with Gasteiger partial charge in [0, 0.05) is 5.56 Å². The summed E-state index contributed by atoms with van der Waals surface area (Å²) in [6.07, 6.45) is -3.05. The van der Waals surface area contributed by atoms with Crippen LogP contribution >= 0.6 is 0 Å². The van der Waals surface area contributed by atoms with E-state index in [1.165, 1.54) is 0 Å². The largest absolute Gasteiger partial charge is 0.573 e. The van der Waals surface area contributed by atoms with Crippen molar-refractivity contribution in [1.29, 1.82) is 0 Å². The fraction of sp³-hybridized carbons (Fsp3) is 0.538. The van der Waals surface area contributed by atoms with E-state index in [9.17, 15) is 23.4 Å². The van der Waals surface area contributed by atoms with Crippen LogP contribution in [0.2, 0.25) is 0 Å². The molecule has 0 aliphatic heterocycles. The Kier molecular flexibility index (Phi) is 4.10. The van der Waals surface area contributed by atoms with Crippen LogP contribution in [0.1, 0.15) is 30.9 Å². The van der Waals surface area contributed by atoms with E-state index in [0.717, 1.165) is 37.5 Å². The van der Waals surface area contributed by atoms with E-state index in [2.05, 4.69) is 4.74 Å². The lowest BCUT2D eigenvalue weighted by molar-refractivity contribution is -0.274. The Morgan fingerprint density at radius 3 is 2.45 bits per heavy atom. The molecule has 1 aliphatic rings. The number of aliphatic hydroxyl groups is 1. The fourth-order valence-electron chi connectivity index (χ4n) is 2.26. The van der Waals surface area contributed by atoms with Gasteiger partial charge in [0.15, 0.2) is 0 Å². The zero-order valence-electron chi connectivity index (χ0n) is 10.6. The van der Waals surface area contributed by atoms with Gasteiger partial charge in [0.05, 0.1) is 12.1 Å². The second-order valence-electron chi connectivity index (χ2n) is 4.98. The molecule has 4 nitrogen and oxygen atoms in total. The Balaban J connectivity index is 2.18. The summed E-state index contributed by atoms with van der Waals surface area (Å²) < 4.78 is 40.3. The van der Waals surface area contributed by atoms with Crippen LogP contribution in [0.15, 0.2) is 18.2 Å². The lowest BCUT2D eigenvalue weighted by Gasteiger charge is -2.34. The quantitative estimate of drug-likeness (QED) is 0.796. The Labute approximate surface area is 114 Å². The molecule has 0 unspecified atom stereocenters. The number of alkyl halides is 3. The molecule has 0 saturated heterocycles. The van der Waals surface area contributed by atoms with Crippen molar-refractivity contribution >= 4 is 0 Å². The number of rotatable bonds is 4. The maximum Gasteiger partial charge on any atom is 0.573 e. The third-order valence-corrected chi connectivity index (χ3v) is 3.59. The average Bonchev–Trinajstić information content (AvgIpc) is 2.26. The van der Waals surface area contributed by atoms with Gasteiger partial charge in [0.25, 0.3) is 0 Å². The number of hydrogen-bond acceptors (Lipinski definition) is 4. The van der Waals surface area contributed by atoms with E-state index >= 15 is 0 Å². The summed E-state index contributed by atoms with van der Waals surface area (Å²) in [5.41, 5.74) is 5.88. The van der Waals surface area contributed by atoms with Gasteiger partial charge in [-0.2, -0.15) is 0 Å². The second kappa shape index (κ2) is 5.49. The zero-order chi connectivity index (χ0) is 14.9. The van der Waals surface area contributed by atoms with Crippen molar-refractivity contribution in [1.82, 2.24) is 0 Å². The summed E-state index contributed by atoms with van der Waals surface area (Å²) in [6, 6.07) is 2.13. The highest BCUT2D eigenvalue weighted by Gasteiger charge is 2.34. The first-order valence-corrected chi connectivity index (χ1v) is 6.30. The van der Waals surface area contributed by atoms with Crippen LogP contribution in [0.4, 0.5) is 13.2 Å². The van der Waals surface area contributed by atoms with E-state index in [1.807, 2.05) is 0 Å². The van der Waals surface area contributed by atoms with Gasteiger partial charge in [-0.05, 0) is 37.0 Å². The molecule has 20 heavy (non-hydrogen) atoms. The van der Waals surface area contributed by atoms with Crippen LogP contribution in [0.3, 0.4) is 0 Å². The number of aliphatic hydroxyl groups excluding tert-OH is 1. The van der Waals surface area contributed by atoms with Crippen LogP contribution in [-0.4, -0.2) is 22.7 Å². The topological polar surface area (TPSA) is 75.7 Å². The third kappa shape index (κ3) is 3.34. The van der Waals surface area contributed by atoms with Crippen molar-refractivity contribution in [3.63, 3.8) is 0 Å².